The number of nitro benzene ring substituents is 1. The zero-order chi connectivity index (χ0) is 24.9. The predicted octanol–water partition coefficient (Wildman–Crippen LogP) is 4.63. The highest BCUT2D eigenvalue weighted by Gasteiger charge is 2.49. The lowest BCUT2D eigenvalue weighted by Crippen LogP contribution is -2.27. The molecule has 2 aromatic carbocycles. The molecule has 0 aliphatic carbocycles. The van der Waals surface area contributed by atoms with Gasteiger partial charge in [0.1, 0.15) is 23.7 Å². The quantitative estimate of drug-likeness (QED) is 0.175. The molecule has 3 aliphatic rings. The van der Waals surface area contributed by atoms with Crippen LogP contribution in [0.25, 0.3) is 11.0 Å². The first kappa shape index (κ1) is 23.2. The Labute approximate surface area is 206 Å². The lowest BCUT2D eigenvalue weighted by molar-refractivity contribution is -0.385. The van der Waals surface area contributed by atoms with E-state index >= 15 is 0 Å². The van der Waals surface area contributed by atoms with Gasteiger partial charge in [-0.05, 0) is 43.2 Å². The van der Waals surface area contributed by atoms with Crippen molar-refractivity contribution in [1.29, 1.82) is 0 Å². The molecule has 11 nitrogen and oxygen atoms in total. The van der Waals surface area contributed by atoms with Crippen LogP contribution < -0.4 is 4.74 Å². The topological polar surface area (TPSA) is 118 Å². The second-order valence-electron chi connectivity index (χ2n) is 9.13. The third-order valence-corrected chi connectivity index (χ3v) is 9.18. The zero-order valence-corrected chi connectivity index (χ0v) is 20.4. The molecule has 0 spiro atoms. The van der Waals surface area contributed by atoms with Crippen molar-refractivity contribution in [3.05, 3.63) is 63.9 Å². The Morgan fingerprint density at radius 3 is 2.42 bits per heavy atom. The van der Waals surface area contributed by atoms with E-state index in [2.05, 4.69) is 0 Å². The van der Waals surface area contributed by atoms with Crippen LogP contribution in [0.5, 0.6) is 11.5 Å². The molecule has 0 N–H and O–H groups in total. The highest BCUT2D eigenvalue weighted by atomic mass is 31.2. The first-order valence-corrected chi connectivity index (χ1v) is 13.5. The Balaban J connectivity index is 1.24. The van der Waals surface area contributed by atoms with Crippen molar-refractivity contribution in [3.8, 4) is 11.5 Å². The van der Waals surface area contributed by atoms with Crippen LogP contribution in [0, 0.1) is 10.1 Å². The van der Waals surface area contributed by atoms with Crippen LogP contribution in [0.3, 0.4) is 0 Å². The number of furan rings is 1. The lowest BCUT2D eigenvalue weighted by Gasteiger charge is -2.18. The van der Waals surface area contributed by atoms with Gasteiger partial charge in [-0.3, -0.25) is 24.0 Å². The Morgan fingerprint density at radius 1 is 1.03 bits per heavy atom. The molecule has 0 saturated carbocycles. The van der Waals surface area contributed by atoms with Gasteiger partial charge < -0.3 is 14.1 Å². The van der Waals surface area contributed by atoms with Crippen LogP contribution in [-0.4, -0.2) is 64.3 Å². The molecule has 0 radical (unpaired) electrons. The van der Waals surface area contributed by atoms with Crippen LogP contribution in [0.15, 0.2) is 46.9 Å². The van der Waals surface area contributed by atoms with Gasteiger partial charge in [0.15, 0.2) is 0 Å². The molecule has 1 aromatic heterocycles. The fraction of sp³-hybridized carbons (Fsp3) is 0.375. The van der Waals surface area contributed by atoms with Crippen LogP contribution in [0.1, 0.15) is 29.0 Å². The molecule has 4 heterocycles. The van der Waals surface area contributed by atoms with E-state index in [0.717, 1.165) is 52.1 Å². The number of nitrogens with zero attached hydrogens (tertiary/aromatic N) is 4. The maximum Gasteiger partial charge on any atom is 0.346 e. The Morgan fingerprint density at radius 2 is 1.75 bits per heavy atom. The number of hydrogen-bond donors (Lipinski definition) is 0. The number of rotatable bonds is 9. The number of benzene rings is 2. The van der Waals surface area contributed by atoms with Crippen molar-refractivity contribution < 1.29 is 28.0 Å². The van der Waals surface area contributed by atoms with Gasteiger partial charge in [0.05, 0.1) is 11.0 Å². The highest BCUT2D eigenvalue weighted by molar-refractivity contribution is 7.54. The largest absolute Gasteiger partial charge is 0.458 e. The second-order valence-corrected chi connectivity index (χ2v) is 11.5. The third-order valence-electron chi connectivity index (χ3n) is 6.48. The lowest BCUT2D eigenvalue weighted by atomic mass is 10.2. The van der Waals surface area contributed by atoms with Crippen molar-refractivity contribution in [2.24, 2.45) is 0 Å². The number of nitro groups is 1. The van der Waals surface area contributed by atoms with E-state index in [-0.39, 0.29) is 24.0 Å². The van der Waals surface area contributed by atoms with Gasteiger partial charge >= 0.3 is 13.4 Å². The number of fused-ring (bicyclic) bond motifs is 1. The van der Waals surface area contributed by atoms with Gasteiger partial charge in [0, 0.05) is 50.2 Å². The summed E-state index contributed by atoms with van der Waals surface area (Å²) in [5.41, 5.74) is 0.515. The fourth-order valence-electron chi connectivity index (χ4n) is 4.41. The average Bonchev–Trinajstić information content (AvgIpc) is 3.81. The third kappa shape index (κ3) is 4.51. The number of hydrogen-bond acceptors (Lipinski definition) is 7. The normalized spacial score (nSPS) is 18.1. The minimum absolute atomic E-state index is 0.0103. The number of carbonyl (C=O) groups excluding carboxylic acids is 1. The molecule has 3 aliphatic heterocycles. The molecule has 3 saturated heterocycles. The van der Waals surface area contributed by atoms with Crippen molar-refractivity contribution in [3.63, 3.8) is 0 Å². The molecule has 1 amide bonds. The van der Waals surface area contributed by atoms with E-state index in [1.165, 1.54) is 12.1 Å². The minimum atomic E-state index is -3.01. The van der Waals surface area contributed by atoms with Crippen molar-refractivity contribution in [1.82, 2.24) is 14.2 Å². The molecular formula is C24H25N4O7P. The van der Waals surface area contributed by atoms with Gasteiger partial charge in [0.2, 0.25) is 5.75 Å². The summed E-state index contributed by atoms with van der Waals surface area (Å²) in [6.45, 7) is 4.41. The van der Waals surface area contributed by atoms with E-state index in [1.54, 1.807) is 35.2 Å². The summed E-state index contributed by atoms with van der Waals surface area (Å²) < 4.78 is 34.2. The molecule has 12 heteroatoms. The van der Waals surface area contributed by atoms with Crippen molar-refractivity contribution >= 4 is 30.2 Å². The fourth-order valence-corrected chi connectivity index (χ4v) is 6.58. The van der Waals surface area contributed by atoms with E-state index in [9.17, 15) is 19.5 Å². The van der Waals surface area contributed by atoms with Crippen LogP contribution in [0.4, 0.5) is 5.69 Å². The van der Waals surface area contributed by atoms with Crippen LogP contribution >= 0.6 is 7.67 Å². The van der Waals surface area contributed by atoms with Gasteiger partial charge in [-0.1, -0.05) is 6.07 Å². The number of ether oxygens (including phenoxy) is 1. The summed E-state index contributed by atoms with van der Waals surface area (Å²) in [5.74, 6) is 0.696. The maximum absolute atomic E-state index is 13.1. The van der Waals surface area contributed by atoms with Gasteiger partial charge in [-0.2, -0.15) is 0 Å². The average molecular weight is 512 g/mol. The molecule has 0 atom stereocenters. The molecule has 6 rings (SSSR count). The summed E-state index contributed by atoms with van der Waals surface area (Å²) in [6.07, 6.45) is 1.97. The van der Waals surface area contributed by atoms with E-state index in [1.807, 2.05) is 9.34 Å². The summed E-state index contributed by atoms with van der Waals surface area (Å²) in [6, 6.07) is 11.2. The Hall–Kier alpha value is -3.24. The molecule has 3 fully saturated rings. The minimum Gasteiger partial charge on any atom is -0.458 e. The van der Waals surface area contributed by atoms with Gasteiger partial charge in [0.25, 0.3) is 5.91 Å². The predicted molar refractivity (Wildman–Crippen MR) is 130 cm³/mol. The van der Waals surface area contributed by atoms with E-state index < -0.39 is 12.6 Å². The zero-order valence-electron chi connectivity index (χ0n) is 19.5. The second kappa shape index (κ2) is 9.01. The molecule has 36 heavy (non-hydrogen) atoms. The summed E-state index contributed by atoms with van der Waals surface area (Å²) in [4.78, 5) is 25.8. The monoisotopic (exact) mass is 512 g/mol. The summed E-state index contributed by atoms with van der Waals surface area (Å²) in [5, 5.41) is 12.4. The SMILES string of the molecule is O=C(c1cccc(Oc2cc3cc(COP(=O)(N4CC4)N4CC4)oc3cc2[N+](=O)[O-])c1)N1CCCC1. The molecule has 3 aromatic rings. The Kier molecular flexibility index (Phi) is 5.80. The summed E-state index contributed by atoms with van der Waals surface area (Å²) >= 11 is 0. The van der Waals surface area contributed by atoms with Crippen LogP contribution in [-0.2, 0) is 15.7 Å². The summed E-state index contributed by atoms with van der Waals surface area (Å²) in [7, 11) is -3.01. The van der Waals surface area contributed by atoms with Crippen molar-refractivity contribution in [2.45, 2.75) is 19.4 Å². The first-order chi connectivity index (χ1) is 17.4. The Bertz CT molecular complexity index is 1380. The molecule has 0 unspecified atom stereocenters. The number of likely N-dealkylation sites (tertiary alicyclic amines) is 1. The van der Waals surface area contributed by atoms with E-state index in [4.69, 9.17) is 13.7 Å². The van der Waals surface area contributed by atoms with Gasteiger partial charge in [-0.15, -0.1) is 0 Å². The molecular weight excluding hydrogens is 487 g/mol. The number of carbonyl (C=O) groups is 1. The number of amides is 1. The standard InChI is InChI=1S/C24H25N4O7P/c29-24(25-6-1-2-7-25)17-4-3-5-19(12-17)34-23-14-18-13-20(35-22(18)15-21(23)28(30)31)16-33-36(32,26-8-9-26)27-10-11-27/h3-5,12-15H,1-2,6-11,16H2. The highest BCUT2D eigenvalue weighted by Crippen LogP contribution is 2.61. The van der Waals surface area contributed by atoms with Crippen LogP contribution in [0.2, 0.25) is 0 Å². The maximum atomic E-state index is 13.1. The van der Waals surface area contributed by atoms with Crippen molar-refractivity contribution in [2.75, 3.05) is 39.3 Å². The first-order valence-electron chi connectivity index (χ1n) is 11.9. The smallest absolute Gasteiger partial charge is 0.346 e. The van der Waals surface area contributed by atoms with Gasteiger partial charge in [-0.25, -0.2) is 9.34 Å². The van der Waals surface area contributed by atoms with E-state index in [0.29, 0.717) is 28.0 Å². The molecule has 188 valence electrons. The molecule has 0 bridgehead atoms.